The molecule has 1 aliphatic carbocycles. The molecule has 0 aromatic heterocycles. The molecule has 0 radical (unpaired) electrons. The average Bonchev–Trinajstić information content (AvgIpc) is 2.98. The minimum absolute atomic E-state index is 0.0905. The van der Waals surface area contributed by atoms with Crippen LogP contribution in [0, 0.1) is 5.92 Å². The molecule has 4 amide bonds. The van der Waals surface area contributed by atoms with Crippen molar-refractivity contribution in [2.75, 3.05) is 63.9 Å². The number of hydrogen-bond donors (Lipinski definition) is 1. The molecule has 2 saturated heterocycles. The number of nitrogens with two attached hydrogens (primary N) is 1. The van der Waals surface area contributed by atoms with Crippen LogP contribution in [-0.4, -0.2) is 104 Å². The van der Waals surface area contributed by atoms with E-state index in [0.29, 0.717) is 43.1 Å². The Morgan fingerprint density at radius 1 is 0.975 bits per heavy atom. The molecule has 2 N–H and O–H groups in total. The van der Waals surface area contributed by atoms with Gasteiger partial charge in [-0.15, -0.1) is 0 Å². The zero-order valence-electron chi connectivity index (χ0n) is 23.3. The van der Waals surface area contributed by atoms with E-state index in [1.165, 1.54) is 24.2 Å². The molecular weight excluding hydrogens is 534 g/mol. The molecular formula is C29H42ClN5O5. The Morgan fingerprint density at radius 2 is 1.68 bits per heavy atom. The van der Waals surface area contributed by atoms with Crippen LogP contribution in [-0.2, 0) is 14.3 Å². The largest absolute Gasteiger partial charge is 0.377 e. The number of nitrogens with zero attached hydrogens (tertiary/aromatic N) is 4. The van der Waals surface area contributed by atoms with Gasteiger partial charge in [-0.3, -0.25) is 19.4 Å². The molecule has 220 valence electrons. The first-order chi connectivity index (χ1) is 19.4. The normalized spacial score (nSPS) is 19.4. The number of likely N-dealkylation sites (tertiary alicyclic amines) is 1. The van der Waals surface area contributed by atoms with Crippen LogP contribution in [0.25, 0.3) is 0 Å². The van der Waals surface area contributed by atoms with Gasteiger partial charge >= 0.3 is 6.03 Å². The second-order valence-corrected chi connectivity index (χ2v) is 11.4. The van der Waals surface area contributed by atoms with E-state index in [4.69, 9.17) is 22.1 Å². The maximum Gasteiger partial charge on any atom is 0.319 e. The minimum atomic E-state index is -0.735. The summed E-state index contributed by atoms with van der Waals surface area (Å²) in [6.07, 6.45) is 8.15. The van der Waals surface area contributed by atoms with Crippen molar-refractivity contribution in [2.24, 2.45) is 11.7 Å². The average molecular weight is 576 g/mol. The molecule has 2 heterocycles. The molecule has 10 nitrogen and oxygen atoms in total. The number of hydrogen-bond acceptors (Lipinski definition) is 6. The molecule has 1 aromatic carbocycles. The van der Waals surface area contributed by atoms with E-state index >= 15 is 0 Å². The number of aldehydes is 1. The van der Waals surface area contributed by atoms with E-state index in [1.807, 2.05) is 0 Å². The van der Waals surface area contributed by atoms with E-state index in [0.717, 1.165) is 58.4 Å². The number of halogens is 1. The number of urea groups is 1. The topological polar surface area (TPSA) is 116 Å². The Labute approximate surface area is 241 Å². The highest BCUT2D eigenvalue weighted by Crippen LogP contribution is 2.29. The summed E-state index contributed by atoms with van der Waals surface area (Å²) >= 11 is 6.28. The fourth-order valence-electron chi connectivity index (χ4n) is 5.94. The number of piperazine rings is 1. The second-order valence-electron chi connectivity index (χ2n) is 11.0. The summed E-state index contributed by atoms with van der Waals surface area (Å²) in [4.78, 5) is 56.1. The molecule has 0 spiro atoms. The Kier molecular flexibility index (Phi) is 11.2. The molecule has 40 heavy (non-hydrogen) atoms. The van der Waals surface area contributed by atoms with Crippen molar-refractivity contribution in [1.82, 2.24) is 14.7 Å². The van der Waals surface area contributed by atoms with Crippen LogP contribution in [0.2, 0.25) is 5.02 Å². The third-order valence-electron chi connectivity index (χ3n) is 8.35. The van der Waals surface area contributed by atoms with Crippen LogP contribution in [0.15, 0.2) is 18.2 Å². The van der Waals surface area contributed by atoms with Gasteiger partial charge in [0, 0.05) is 70.3 Å². The van der Waals surface area contributed by atoms with Gasteiger partial charge in [0.2, 0.25) is 5.91 Å². The predicted molar refractivity (Wildman–Crippen MR) is 154 cm³/mol. The van der Waals surface area contributed by atoms with Gasteiger partial charge in [-0.1, -0.05) is 30.9 Å². The highest BCUT2D eigenvalue weighted by atomic mass is 35.5. The van der Waals surface area contributed by atoms with Gasteiger partial charge in [-0.25, -0.2) is 4.79 Å². The summed E-state index contributed by atoms with van der Waals surface area (Å²) < 4.78 is 6.15. The zero-order valence-corrected chi connectivity index (χ0v) is 24.0. The van der Waals surface area contributed by atoms with Crippen LogP contribution in [0.4, 0.5) is 10.5 Å². The summed E-state index contributed by atoms with van der Waals surface area (Å²) in [7, 11) is 0. The van der Waals surface area contributed by atoms with E-state index < -0.39 is 6.03 Å². The number of amides is 4. The number of carbonyl (C=O) groups excluding carboxylic acids is 4. The summed E-state index contributed by atoms with van der Waals surface area (Å²) in [6.45, 7) is 6.11. The monoisotopic (exact) mass is 575 g/mol. The van der Waals surface area contributed by atoms with Gasteiger partial charge < -0.3 is 25.1 Å². The standard InChI is InChI=1S/C29H42ClN5O5/c30-25-8-7-23(21-26(25)35(29(31)39)11-4-19-36)28(38)33-12-9-24(10-13-33)40-20-18-32-14-16-34(17-15-32)27(37)22-5-2-1-3-6-22/h7-8,19,21-22,24H,1-6,9-18,20H2,(H2,31,39). The Morgan fingerprint density at radius 3 is 2.33 bits per heavy atom. The van der Waals surface area contributed by atoms with Gasteiger partial charge in [0.15, 0.2) is 0 Å². The lowest BCUT2D eigenvalue weighted by Crippen LogP contribution is -2.51. The van der Waals surface area contributed by atoms with E-state index in [9.17, 15) is 19.2 Å². The van der Waals surface area contributed by atoms with Gasteiger partial charge in [-0.05, 0) is 43.9 Å². The third-order valence-corrected chi connectivity index (χ3v) is 8.67. The minimum Gasteiger partial charge on any atom is -0.377 e. The molecule has 0 unspecified atom stereocenters. The summed E-state index contributed by atoms with van der Waals surface area (Å²) in [5, 5.41) is 0.283. The van der Waals surface area contributed by atoms with Crippen molar-refractivity contribution in [3.8, 4) is 0 Å². The Hall–Kier alpha value is -2.69. The number of primary amides is 1. The fourth-order valence-corrected chi connectivity index (χ4v) is 6.16. The summed E-state index contributed by atoms with van der Waals surface area (Å²) in [5.74, 6) is 0.452. The van der Waals surface area contributed by atoms with Crippen LogP contribution >= 0.6 is 11.6 Å². The molecule has 0 atom stereocenters. The van der Waals surface area contributed by atoms with Crippen LogP contribution < -0.4 is 10.6 Å². The lowest BCUT2D eigenvalue weighted by Gasteiger charge is -2.37. The number of carbonyl (C=O) groups is 4. The first kappa shape index (κ1) is 30.3. The lowest BCUT2D eigenvalue weighted by molar-refractivity contribution is -0.138. The smallest absolute Gasteiger partial charge is 0.319 e. The highest BCUT2D eigenvalue weighted by Gasteiger charge is 2.29. The number of piperidine rings is 1. The quantitative estimate of drug-likeness (QED) is 0.428. The molecule has 3 fully saturated rings. The van der Waals surface area contributed by atoms with Crippen LogP contribution in [0.1, 0.15) is 61.7 Å². The SMILES string of the molecule is NC(=O)N(CCC=O)c1cc(C(=O)N2CCC(OCCN3CCN(C(=O)C4CCCCC4)CC3)CC2)ccc1Cl. The molecule has 11 heteroatoms. The Bertz CT molecular complexity index is 1030. The Balaban J connectivity index is 1.18. The molecule has 4 rings (SSSR count). The van der Waals surface area contributed by atoms with Crippen molar-refractivity contribution in [2.45, 2.75) is 57.5 Å². The van der Waals surface area contributed by atoms with Crippen LogP contribution in [0.3, 0.4) is 0 Å². The van der Waals surface area contributed by atoms with E-state index in [2.05, 4.69) is 9.80 Å². The second kappa shape index (κ2) is 14.8. The molecule has 1 aromatic rings. The lowest BCUT2D eigenvalue weighted by atomic mass is 9.88. The molecule has 1 saturated carbocycles. The first-order valence-corrected chi connectivity index (χ1v) is 15.0. The van der Waals surface area contributed by atoms with Crippen molar-refractivity contribution >= 4 is 41.4 Å². The van der Waals surface area contributed by atoms with Gasteiger partial charge in [0.1, 0.15) is 6.29 Å². The zero-order chi connectivity index (χ0) is 28.5. The molecule has 0 bridgehead atoms. The number of rotatable bonds is 10. The summed E-state index contributed by atoms with van der Waals surface area (Å²) in [6, 6.07) is 4.03. The van der Waals surface area contributed by atoms with Crippen molar-refractivity contribution in [1.29, 1.82) is 0 Å². The van der Waals surface area contributed by atoms with Crippen molar-refractivity contribution in [3.63, 3.8) is 0 Å². The van der Waals surface area contributed by atoms with E-state index in [1.54, 1.807) is 23.1 Å². The maximum absolute atomic E-state index is 13.2. The van der Waals surface area contributed by atoms with Gasteiger partial charge in [0.05, 0.1) is 23.4 Å². The molecule has 2 aliphatic heterocycles. The predicted octanol–water partition coefficient (Wildman–Crippen LogP) is 3.16. The van der Waals surface area contributed by atoms with Crippen molar-refractivity contribution in [3.05, 3.63) is 28.8 Å². The number of ether oxygens (including phenoxy) is 1. The number of anilines is 1. The number of benzene rings is 1. The first-order valence-electron chi connectivity index (χ1n) is 14.6. The molecule has 3 aliphatic rings. The van der Waals surface area contributed by atoms with E-state index in [-0.39, 0.29) is 35.9 Å². The van der Waals surface area contributed by atoms with Crippen molar-refractivity contribution < 1.29 is 23.9 Å². The fraction of sp³-hybridized carbons (Fsp3) is 0.655. The third kappa shape index (κ3) is 7.95. The van der Waals surface area contributed by atoms with Gasteiger partial charge in [-0.2, -0.15) is 0 Å². The van der Waals surface area contributed by atoms with Gasteiger partial charge in [0.25, 0.3) is 5.91 Å². The summed E-state index contributed by atoms with van der Waals surface area (Å²) in [5.41, 5.74) is 6.21. The maximum atomic E-state index is 13.2. The van der Waals surface area contributed by atoms with Crippen LogP contribution in [0.5, 0.6) is 0 Å². The highest BCUT2D eigenvalue weighted by molar-refractivity contribution is 6.34.